The highest BCUT2D eigenvalue weighted by Gasteiger charge is 2.30. The molecule has 0 saturated heterocycles. The smallest absolute Gasteiger partial charge is 0.193 e. The zero-order valence-corrected chi connectivity index (χ0v) is 14.8. The van der Waals surface area contributed by atoms with Crippen molar-refractivity contribution in [2.24, 2.45) is 0 Å². The van der Waals surface area contributed by atoms with Gasteiger partial charge in [0.15, 0.2) is 5.78 Å². The Hall–Kier alpha value is -2.79. The molecule has 4 nitrogen and oxygen atoms in total. The molecular weight excluding hydrogens is 359 g/mol. The lowest BCUT2D eigenvalue weighted by Gasteiger charge is -2.29. The van der Waals surface area contributed by atoms with E-state index in [0.29, 0.717) is 5.56 Å². The number of ketones is 1. The Morgan fingerprint density at radius 2 is 2.00 bits per heavy atom. The van der Waals surface area contributed by atoms with E-state index in [9.17, 15) is 19.4 Å². The first-order valence-corrected chi connectivity index (χ1v) is 8.21. The van der Waals surface area contributed by atoms with Crippen molar-refractivity contribution in [1.29, 1.82) is 0 Å². The molecule has 2 aromatic carbocycles. The average molecular weight is 375 g/mol. The first-order valence-electron chi connectivity index (χ1n) is 7.83. The van der Waals surface area contributed by atoms with Crippen LogP contribution in [0.4, 0.5) is 4.39 Å². The van der Waals surface area contributed by atoms with E-state index in [-0.39, 0.29) is 27.6 Å². The molecule has 1 aliphatic rings. The lowest BCUT2D eigenvalue weighted by atomic mass is 9.96. The van der Waals surface area contributed by atoms with E-state index in [1.165, 1.54) is 24.3 Å². The van der Waals surface area contributed by atoms with Crippen molar-refractivity contribution in [3.63, 3.8) is 0 Å². The van der Waals surface area contributed by atoms with Gasteiger partial charge in [-0.15, -0.1) is 0 Å². The maximum atomic E-state index is 13.8. The number of carbonyl (C=O) groups is 1. The summed E-state index contributed by atoms with van der Waals surface area (Å²) in [6, 6.07) is 5.26. The third-order valence-electron chi connectivity index (χ3n) is 3.94. The van der Waals surface area contributed by atoms with Crippen LogP contribution in [0, 0.1) is 5.82 Å². The Kier molecular flexibility index (Phi) is 4.50. The van der Waals surface area contributed by atoms with Gasteiger partial charge in [-0.2, -0.15) is 0 Å². The fourth-order valence-corrected chi connectivity index (χ4v) is 2.87. The number of fused-ring (bicyclic) bond motifs is 1. The number of hydrogen-bond acceptors (Lipinski definition) is 4. The number of hydrogen-bond donors (Lipinski definition) is 2. The van der Waals surface area contributed by atoms with E-state index < -0.39 is 23.0 Å². The highest BCUT2D eigenvalue weighted by atomic mass is 35.5. The number of allylic oxidation sites excluding steroid dienone is 1. The van der Waals surface area contributed by atoms with Crippen LogP contribution in [0.3, 0.4) is 0 Å². The summed E-state index contributed by atoms with van der Waals surface area (Å²) in [7, 11) is 0. The van der Waals surface area contributed by atoms with Gasteiger partial charge in [-0.3, -0.25) is 4.79 Å². The molecule has 134 valence electrons. The molecular formula is C20H16ClFO4. The van der Waals surface area contributed by atoms with Gasteiger partial charge in [-0.1, -0.05) is 17.7 Å². The van der Waals surface area contributed by atoms with Gasteiger partial charge in [-0.05, 0) is 50.3 Å². The first-order chi connectivity index (χ1) is 12.2. The molecule has 0 radical (unpaired) electrons. The maximum absolute atomic E-state index is 13.8. The summed E-state index contributed by atoms with van der Waals surface area (Å²) < 4.78 is 19.6. The van der Waals surface area contributed by atoms with Crippen molar-refractivity contribution in [1.82, 2.24) is 0 Å². The molecule has 0 aliphatic carbocycles. The molecule has 1 aliphatic heterocycles. The molecule has 0 unspecified atom stereocenters. The Labute approximate surface area is 154 Å². The summed E-state index contributed by atoms with van der Waals surface area (Å²) >= 11 is 5.94. The summed E-state index contributed by atoms with van der Waals surface area (Å²) in [5.74, 6) is -1.74. The van der Waals surface area contributed by atoms with E-state index >= 15 is 0 Å². The van der Waals surface area contributed by atoms with Gasteiger partial charge >= 0.3 is 0 Å². The number of benzene rings is 2. The number of halogens is 2. The number of rotatable bonds is 3. The molecule has 26 heavy (non-hydrogen) atoms. The summed E-state index contributed by atoms with van der Waals surface area (Å²) in [5, 5.41) is 20.3. The third kappa shape index (κ3) is 3.30. The SMILES string of the molecule is CC1(C)C=Cc2c(O)cc(O)c(C(=O)/C=C/c3c(F)cccc3Cl)c2O1. The molecule has 0 atom stereocenters. The summed E-state index contributed by atoms with van der Waals surface area (Å²) in [5.41, 5.74) is -0.474. The van der Waals surface area contributed by atoms with E-state index in [2.05, 4.69) is 0 Å². The number of carbonyl (C=O) groups excluding carboxylic acids is 1. The largest absolute Gasteiger partial charge is 0.507 e. The van der Waals surface area contributed by atoms with Gasteiger partial charge < -0.3 is 14.9 Å². The van der Waals surface area contributed by atoms with Crippen molar-refractivity contribution >= 4 is 29.5 Å². The minimum absolute atomic E-state index is 0.0656. The lowest BCUT2D eigenvalue weighted by Crippen LogP contribution is -2.28. The lowest BCUT2D eigenvalue weighted by molar-refractivity contribution is 0.103. The van der Waals surface area contributed by atoms with Crippen LogP contribution in [0.15, 0.2) is 36.4 Å². The molecule has 2 N–H and O–H groups in total. The zero-order valence-electron chi connectivity index (χ0n) is 14.1. The normalized spacial score (nSPS) is 14.9. The van der Waals surface area contributed by atoms with Gasteiger partial charge in [0.25, 0.3) is 0 Å². The third-order valence-corrected chi connectivity index (χ3v) is 4.27. The Morgan fingerprint density at radius 1 is 1.27 bits per heavy atom. The van der Waals surface area contributed by atoms with Crippen molar-refractivity contribution in [3.05, 3.63) is 63.9 Å². The molecule has 3 rings (SSSR count). The maximum Gasteiger partial charge on any atom is 0.193 e. The molecule has 1 heterocycles. The standard InChI is InChI=1S/C20H16ClFO4/c1-20(2)9-8-12-16(24)10-17(25)18(19(12)26-20)15(23)7-6-11-13(21)4-3-5-14(11)22/h3-10,24-25H,1-2H3/b7-6+. The van der Waals surface area contributed by atoms with Gasteiger partial charge in [0.05, 0.1) is 10.6 Å². The molecule has 0 amide bonds. The Balaban J connectivity index is 2.06. The van der Waals surface area contributed by atoms with Crippen LogP contribution in [0.1, 0.15) is 35.3 Å². The fourth-order valence-electron chi connectivity index (χ4n) is 2.65. The van der Waals surface area contributed by atoms with Gasteiger partial charge in [0.1, 0.15) is 34.2 Å². The van der Waals surface area contributed by atoms with E-state index in [0.717, 1.165) is 12.1 Å². The van der Waals surface area contributed by atoms with Crippen LogP contribution < -0.4 is 4.74 Å². The van der Waals surface area contributed by atoms with E-state index in [4.69, 9.17) is 16.3 Å². The summed E-state index contributed by atoms with van der Waals surface area (Å²) in [4.78, 5) is 12.7. The monoisotopic (exact) mass is 374 g/mol. The first kappa shape index (κ1) is 18.0. The molecule has 0 bridgehead atoms. The molecule has 6 heteroatoms. The molecule has 2 aromatic rings. The van der Waals surface area contributed by atoms with Crippen molar-refractivity contribution in [2.75, 3.05) is 0 Å². The number of aromatic hydroxyl groups is 2. The van der Waals surface area contributed by atoms with Crippen LogP contribution in [0.2, 0.25) is 5.02 Å². The van der Waals surface area contributed by atoms with Crippen molar-refractivity contribution in [2.45, 2.75) is 19.4 Å². The van der Waals surface area contributed by atoms with Gasteiger partial charge in [0, 0.05) is 11.6 Å². The highest BCUT2D eigenvalue weighted by Crippen LogP contribution is 2.43. The van der Waals surface area contributed by atoms with Crippen LogP contribution in [0.5, 0.6) is 17.2 Å². The molecule has 0 fully saturated rings. The number of phenols is 2. The molecule has 0 saturated carbocycles. The molecule has 0 aromatic heterocycles. The topological polar surface area (TPSA) is 66.8 Å². The minimum Gasteiger partial charge on any atom is -0.507 e. The zero-order chi connectivity index (χ0) is 19.1. The number of phenolic OH excluding ortho intramolecular Hbond substituents is 2. The minimum atomic E-state index is -0.721. The Morgan fingerprint density at radius 3 is 2.69 bits per heavy atom. The predicted molar refractivity (Wildman–Crippen MR) is 98.3 cm³/mol. The van der Waals surface area contributed by atoms with Crippen LogP contribution in [-0.4, -0.2) is 21.6 Å². The van der Waals surface area contributed by atoms with Crippen molar-refractivity contribution in [3.8, 4) is 17.2 Å². The van der Waals surface area contributed by atoms with Gasteiger partial charge in [-0.25, -0.2) is 4.39 Å². The van der Waals surface area contributed by atoms with Crippen LogP contribution >= 0.6 is 11.6 Å². The second-order valence-electron chi connectivity index (χ2n) is 6.40. The second-order valence-corrected chi connectivity index (χ2v) is 6.81. The van der Waals surface area contributed by atoms with Crippen LogP contribution in [-0.2, 0) is 0 Å². The van der Waals surface area contributed by atoms with E-state index in [1.54, 1.807) is 26.0 Å². The predicted octanol–water partition coefficient (Wildman–Crippen LogP) is 4.97. The number of ether oxygens (including phenoxy) is 1. The average Bonchev–Trinajstić information content (AvgIpc) is 2.53. The highest BCUT2D eigenvalue weighted by molar-refractivity contribution is 6.32. The van der Waals surface area contributed by atoms with Crippen molar-refractivity contribution < 1.29 is 24.1 Å². The van der Waals surface area contributed by atoms with Crippen LogP contribution in [0.25, 0.3) is 12.2 Å². The summed E-state index contributed by atoms with van der Waals surface area (Å²) in [6.07, 6.45) is 5.70. The fraction of sp³-hybridized carbons (Fsp3) is 0.150. The Bertz CT molecular complexity index is 941. The van der Waals surface area contributed by atoms with Gasteiger partial charge in [0.2, 0.25) is 0 Å². The molecule has 0 spiro atoms. The van der Waals surface area contributed by atoms with E-state index in [1.807, 2.05) is 0 Å². The second kappa shape index (κ2) is 6.50. The summed E-state index contributed by atoms with van der Waals surface area (Å²) in [6.45, 7) is 3.55. The quantitative estimate of drug-likeness (QED) is 0.588.